The van der Waals surface area contributed by atoms with E-state index in [9.17, 15) is 0 Å². The number of nitrogen functional groups attached to an aromatic ring is 1. The smallest absolute Gasteiger partial charge is 0.129 e. The molecule has 17 heavy (non-hydrogen) atoms. The van der Waals surface area contributed by atoms with E-state index >= 15 is 0 Å². The first-order valence-electron chi connectivity index (χ1n) is 6.09. The molecule has 0 atom stereocenters. The number of nitrogens with zero attached hydrogens (tertiary/aromatic N) is 1. The molecule has 3 rings (SSSR count). The van der Waals surface area contributed by atoms with Crippen LogP contribution in [0, 0.1) is 0 Å². The second-order valence-corrected chi connectivity index (χ2v) is 4.59. The maximum absolute atomic E-state index is 5.94. The summed E-state index contributed by atoms with van der Waals surface area (Å²) in [7, 11) is 0. The number of anilines is 1. The molecule has 0 bridgehead atoms. The van der Waals surface area contributed by atoms with Gasteiger partial charge in [0.2, 0.25) is 0 Å². The Bertz CT molecular complexity index is 535. The number of nitrogens with two attached hydrogens (primary N) is 1. The lowest BCUT2D eigenvalue weighted by Gasteiger charge is -2.25. The van der Waals surface area contributed by atoms with Crippen molar-refractivity contribution in [3.8, 4) is 0 Å². The molecule has 1 fully saturated rings. The highest BCUT2D eigenvalue weighted by atomic mass is 16.5. The van der Waals surface area contributed by atoms with Gasteiger partial charge in [0.25, 0.3) is 0 Å². The zero-order valence-corrected chi connectivity index (χ0v) is 9.73. The molecular weight excluding hydrogens is 212 g/mol. The average molecular weight is 228 g/mol. The normalized spacial score (nSPS) is 16.0. The van der Waals surface area contributed by atoms with E-state index in [1.165, 1.54) is 19.3 Å². The predicted molar refractivity (Wildman–Crippen MR) is 68.6 cm³/mol. The van der Waals surface area contributed by atoms with Gasteiger partial charge in [-0.25, -0.2) is 4.98 Å². The number of para-hydroxylation sites is 1. The van der Waals surface area contributed by atoms with Crippen LogP contribution in [0.4, 0.5) is 5.82 Å². The molecule has 2 aromatic rings. The Hall–Kier alpha value is -1.61. The highest BCUT2D eigenvalue weighted by molar-refractivity contribution is 5.81. The summed E-state index contributed by atoms with van der Waals surface area (Å²) in [5.74, 6) is 0.586. The van der Waals surface area contributed by atoms with Gasteiger partial charge >= 0.3 is 0 Å². The molecule has 1 aliphatic carbocycles. The summed E-state index contributed by atoms with van der Waals surface area (Å²) in [5.41, 5.74) is 7.88. The van der Waals surface area contributed by atoms with Gasteiger partial charge in [-0.2, -0.15) is 0 Å². The zero-order valence-electron chi connectivity index (χ0n) is 9.73. The van der Waals surface area contributed by atoms with Crippen molar-refractivity contribution in [2.75, 3.05) is 5.73 Å². The Morgan fingerprint density at radius 1 is 1.29 bits per heavy atom. The summed E-state index contributed by atoms with van der Waals surface area (Å²) < 4.78 is 5.77. The number of aromatic nitrogens is 1. The molecule has 0 amide bonds. The molecule has 1 heterocycles. The quantitative estimate of drug-likeness (QED) is 0.878. The summed E-state index contributed by atoms with van der Waals surface area (Å²) in [4.78, 5) is 4.40. The van der Waals surface area contributed by atoms with Crippen molar-refractivity contribution < 1.29 is 4.74 Å². The third-order valence-electron chi connectivity index (χ3n) is 3.36. The monoisotopic (exact) mass is 228 g/mol. The number of fused-ring (bicyclic) bond motifs is 1. The van der Waals surface area contributed by atoms with Crippen molar-refractivity contribution >= 4 is 16.7 Å². The lowest BCUT2D eigenvalue weighted by Crippen LogP contribution is -2.21. The third-order valence-corrected chi connectivity index (χ3v) is 3.36. The second-order valence-electron chi connectivity index (χ2n) is 4.59. The van der Waals surface area contributed by atoms with E-state index in [2.05, 4.69) is 17.1 Å². The second kappa shape index (κ2) is 4.34. The first kappa shape index (κ1) is 10.5. The van der Waals surface area contributed by atoms with E-state index in [1.54, 1.807) is 0 Å². The van der Waals surface area contributed by atoms with Crippen LogP contribution in [-0.2, 0) is 11.3 Å². The molecule has 1 aliphatic rings. The summed E-state index contributed by atoms with van der Waals surface area (Å²) in [6.07, 6.45) is 4.08. The molecule has 0 radical (unpaired) electrons. The van der Waals surface area contributed by atoms with Gasteiger partial charge in [0.05, 0.1) is 18.2 Å². The van der Waals surface area contributed by atoms with E-state index in [0.29, 0.717) is 18.5 Å². The fraction of sp³-hybridized carbons (Fsp3) is 0.357. The van der Waals surface area contributed by atoms with Crippen LogP contribution >= 0.6 is 0 Å². The van der Waals surface area contributed by atoms with Crippen molar-refractivity contribution in [1.82, 2.24) is 4.98 Å². The first-order chi connectivity index (χ1) is 8.33. The summed E-state index contributed by atoms with van der Waals surface area (Å²) in [6.45, 7) is 0.578. The molecular formula is C14H16N2O. The summed E-state index contributed by atoms with van der Waals surface area (Å²) >= 11 is 0. The number of hydrogen-bond acceptors (Lipinski definition) is 3. The van der Waals surface area contributed by atoms with Crippen molar-refractivity contribution in [3.63, 3.8) is 0 Å². The van der Waals surface area contributed by atoms with Crippen LogP contribution in [0.3, 0.4) is 0 Å². The lowest BCUT2D eigenvalue weighted by atomic mass is 9.96. The van der Waals surface area contributed by atoms with Crippen molar-refractivity contribution in [2.45, 2.75) is 32.0 Å². The van der Waals surface area contributed by atoms with Gasteiger partial charge in [0, 0.05) is 10.9 Å². The number of rotatable bonds is 3. The number of benzene rings is 1. The lowest BCUT2D eigenvalue weighted by molar-refractivity contribution is -0.00844. The number of pyridine rings is 1. The molecule has 1 saturated carbocycles. The zero-order chi connectivity index (χ0) is 11.7. The SMILES string of the molecule is Nc1nc2ccccc2cc1COC1CCC1. The highest BCUT2D eigenvalue weighted by Crippen LogP contribution is 2.25. The highest BCUT2D eigenvalue weighted by Gasteiger charge is 2.18. The Balaban J connectivity index is 1.84. The Morgan fingerprint density at radius 2 is 2.12 bits per heavy atom. The van der Waals surface area contributed by atoms with Gasteiger partial charge < -0.3 is 10.5 Å². The maximum atomic E-state index is 5.94. The van der Waals surface area contributed by atoms with Crippen LogP contribution in [0.15, 0.2) is 30.3 Å². The Labute approximate surface area is 101 Å². The maximum Gasteiger partial charge on any atom is 0.129 e. The van der Waals surface area contributed by atoms with E-state index in [0.717, 1.165) is 16.5 Å². The van der Waals surface area contributed by atoms with Gasteiger partial charge in [0.1, 0.15) is 5.82 Å². The van der Waals surface area contributed by atoms with Crippen LogP contribution < -0.4 is 5.73 Å². The van der Waals surface area contributed by atoms with Gasteiger partial charge in [-0.15, -0.1) is 0 Å². The molecule has 0 spiro atoms. The molecule has 88 valence electrons. The van der Waals surface area contributed by atoms with Crippen molar-refractivity contribution in [1.29, 1.82) is 0 Å². The molecule has 1 aromatic heterocycles. The van der Waals surface area contributed by atoms with Gasteiger partial charge in [-0.1, -0.05) is 18.2 Å². The fourth-order valence-electron chi connectivity index (χ4n) is 2.04. The van der Waals surface area contributed by atoms with E-state index in [-0.39, 0.29) is 0 Å². The predicted octanol–water partition coefficient (Wildman–Crippen LogP) is 2.89. The van der Waals surface area contributed by atoms with Crippen LogP contribution in [0.1, 0.15) is 24.8 Å². The fourth-order valence-corrected chi connectivity index (χ4v) is 2.04. The average Bonchev–Trinajstić information content (AvgIpc) is 2.27. The summed E-state index contributed by atoms with van der Waals surface area (Å²) in [5, 5.41) is 1.12. The first-order valence-corrected chi connectivity index (χ1v) is 6.09. The van der Waals surface area contributed by atoms with E-state index in [1.807, 2.05) is 18.2 Å². The van der Waals surface area contributed by atoms with Crippen molar-refractivity contribution in [3.05, 3.63) is 35.9 Å². The standard InChI is InChI=1S/C14H16N2O/c15-14-11(9-17-12-5-3-6-12)8-10-4-1-2-7-13(10)16-14/h1-2,4,7-8,12H,3,5-6,9H2,(H2,15,16). The summed E-state index contributed by atoms with van der Waals surface area (Å²) in [6, 6.07) is 10.1. The van der Waals surface area contributed by atoms with Crippen LogP contribution in [0.5, 0.6) is 0 Å². The Morgan fingerprint density at radius 3 is 2.88 bits per heavy atom. The van der Waals surface area contributed by atoms with Gasteiger partial charge in [-0.05, 0) is 31.4 Å². The van der Waals surface area contributed by atoms with E-state index in [4.69, 9.17) is 10.5 Å². The number of hydrogen-bond donors (Lipinski definition) is 1. The van der Waals surface area contributed by atoms with Gasteiger partial charge in [0.15, 0.2) is 0 Å². The molecule has 2 N–H and O–H groups in total. The molecule has 3 heteroatoms. The molecule has 3 nitrogen and oxygen atoms in total. The minimum absolute atomic E-state index is 0.431. The van der Waals surface area contributed by atoms with Crippen LogP contribution in [0.25, 0.3) is 10.9 Å². The largest absolute Gasteiger partial charge is 0.383 e. The molecule has 0 aliphatic heterocycles. The minimum Gasteiger partial charge on any atom is -0.383 e. The molecule has 0 unspecified atom stereocenters. The Kier molecular flexibility index (Phi) is 2.69. The van der Waals surface area contributed by atoms with Crippen molar-refractivity contribution in [2.24, 2.45) is 0 Å². The third kappa shape index (κ3) is 2.11. The number of ether oxygens (including phenoxy) is 1. The molecule has 1 aromatic carbocycles. The van der Waals surface area contributed by atoms with E-state index < -0.39 is 0 Å². The van der Waals surface area contributed by atoms with Gasteiger partial charge in [-0.3, -0.25) is 0 Å². The topological polar surface area (TPSA) is 48.1 Å². The van der Waals surface area contributed by atoms with Crippen LogP contribution in [0.2, 0.25) is 0 Å². The van der Waals surface area contributed by atoms with Crippen LogP contribution in [-0.4, -0.2) is 11.1 Å². The minimum atomic E-state index is 0.431. The molecule has 0 saturated heterocycles.